The van der Waals surface area contributed by atoms with Gasteiger partial charge in [-0.25, -0.2) is 4.39 Å². The molecule has 15 heavy (non-hydrogen) atoms. The first-order valence-electron chi connectivity index (χ1n) is 4.97. The third-order valence-corrected chi connectivity index (χ3v) is 2.84. The highest BCUT2D eigenvalue weighted by Gasteiger charge is 2.06. The van der Waals surface area contributed by atoms with Crippen LogP contribution in [0.3, 0.4) is 0 Å². The Morgan fingerprint density at radius 2 is 2.27 bits per heavy atom. The van der Waals surface area contributed by atoms with Crippen molar-refractivity contribution in [1.29, 1.82) is 0 Å². The Kier molecular flexibility index (Phi) is 5.05. The molecule has 0 aromatic heterocycles. The van der Waals surface area contributed by atoms with Crippen LogP contribution in [-0.2, 0) is 0 Å². The summed E-state index contributed by atoms with van der Waals surface area (Å²) in [4.78, 5) is 0. The van der Waals surface area contributed by atoms with E-state index in [1.807, 2.05) is 6.92 Å². The van der Waals surface area contributed by atoms with Crippen LogP contribution < -0.4 is 5.32 Å². The molecule has 0 bridgehead atoms. The predicted molar refractivity (Wildman–Crippen MR) is 63.5 cm³/mol. The maximum Gasteiger partial charge on any atom is 0.146 e. The second kappa shape index (κ2) is 6.08. The fraction of sp³-hybridized carbons (Fsp3) is 0.455. The summed E-state index contributed by atoms with van der Waals surface area (Å²) >= 11 is 3.28. The topological polar surface area (TPSA) is 32.3 Å². The van der Waals surface area contributed by atoms with E-state index in [-0.39, 0.29) is 18.3 Å². The fourth-order valence-electron chi connectivity index (χ4n) is 1.23. The number of hydrogen-bond acceptors (Lipinski definition) is 2. The van der Waals surface area contributed by atoms with Gasteiger partial charge in [-0.1, -0.05) is 22.9 Å². The molecule has 2 nitrogen and oxygen atoms in total. The van der Waals surface area contributed by atoms with Crippen LogP contribution in [0, 0.1) is 11.7 Å². The van der Waals surface area contributed by atoms with Crippen molar-refractivity contribution in [2.24, 2.45) is 5.92 Å². The summed E-state index contributed by atoms with van der Waals surface area (Å²) in [7, 11) is 0. The van der Waals surface area contributed by atoms with Gasteiger partial charge in [-0.3, -0.25) is 0 Å². The average molecular weight is 276 g/mol. The maximum atomic E-state index is 13.3. The van der Waals surface area contributed by atoms with Crippen molar-refractivity contribution in [3.8, 4) is 0 Å². The Morgan fingerprint density at radius 3 is 2.87 bits per heavy atom. The highest BCUT2D eigenvalue weighted by atomic mass is 79.9. The van der Waals surface area contributed by atoms with E-state index in [4.69, 9.17) is 5.11 Å². The normalized spacial score (nSPS) is 12.5. The molecule has 1 aromatic carbocycles. The van der Waals surface area contributed by atoms with E-state index in [9.17, 15) is 4.39 Å². The summed E-state index contributed by atoms with van der Waals surface area (Å²) < 4.78 is 14.1. The highest BCUT2D eigenvalue weighted by molar-refractivity contribution is 9.10. The van der Waals surface area contributed by atoms with Crippen LogP contribution in [0.25, 0.3) is 0 Å². The molecule has 1 rings (SSSR count). The summed E-state index contributed by atoms with van der Waals surface area (Å²) in [5, 5.41) is 12.0. The first kappa shape index (κ1) is 12.5. The molecule has 84 valence electrons. The number of aliphatic hydroxyl groups is 1. The Balaban J connectivity index is 2.60. The second-order valence-electron chi connectivity index (χ2n) is 3.46. The van der Waals surface area contributed by atoms with E-state index in [1.165, 1.54) is 6.07 Å². The summed E-state index contributed by atoms with van der Waals surface area (Å²) in [6.07, 6.45) is 0.874. The number of benzene rings is 1. The number of anilines is 1. The first-order valence-corrected chi connectivity index (χ1v) is 5.76. The molecule has 0 aliphatic heterocycles. The van der Waals surface area contributed by atoms with Crippen molar-refractivity contribution in [3.05, 3.63) is 28.5 Å². The summed E-state index contributed by atoms with van der Waals surface area (Å²) in [5.41, 5.74) is 0.469. The highest BCUT2D eigenvalue weighted by Crippen LogP contribution is 2.20. The van der Waals surface area contributed by atoms with E-state index in [1.54, 1.807) is 12.1 Å². The van der Waals surface area contributed by atoms with Crippen LogP contribution in [0.2, 0.25) is 0 Å². The zero-order valence-corrected chi connectivity index (χ0v) is 10.2. The Morgan fingerprint density at radius 1 is 1.53 bits per heavy atom. The van der Waals surface area contributed by atoms with Gasteiger partial charge < -0.3 is 10.4 Å². The molecule has 2 N–H and O–H groups in total. The summed E-state index contributed by atoms with van der Waals surface area (Å²) in [6.45, 7) is 2.71. The van der Waals surface area contributed by atoms with Crippen LogP contribution in [-0.4, -0.2) is 18.3 Å². The number of nitrogens with one attached hydrogen (secondary N) is 1. The summed E-state index contributed by atoms with van der Waals surface area (Å²) in [5.74, 6) is -0.102. The molecule has 0 fully saturated rings. The monoisotopic (exact) mass is 275 g/mol. The van der Waals surface area contributed by atoms with E-state index < -0.39 is 0 Å². The van der Waals surface area contributed by atoms with Gasteiger partial charge in [0.05, 0.1) is 5.69 Å². The molecule has 0 aliphatic rings. The SMILES string of the molecule is CCC(CO)CNc1cc(Br)ccc1F. The third kappa shape index (κ3) is 3.80. The van der Waals surface area contributed by atoms with Gasteiger partial charge in [-0.05, 0) is 30.5 Å². The molecule has 1 unspecified atom stereocenters. The molecule has 0 saturated carbocycles. The average Bonchev–Trinajstić information content (AvgIpc) is 2.24. The van der Waals surface area contributed by atoms with Gasteiger partial charge in [0, 0.05) is 17.6 Å². The number of hydrogen-bond donors (Lipinski definition) is 2. The lowest BCUT2D eigenvalue weighted by Gasteiger charge is -2.14. The van der Waals surface area contributed by atoms with Crippen LogP contribution in [0.4, 0.5) is 10.1 Å². The minimum absolute atomic E-state index is 0.124. The smallest absolute Gasteiger partial charge is 0.146 e. The van der Waals surface area contributed by atoms with E-state index in [2.05, 4.69) is 21.2 Å². The minimum Gasteiger partial charge on any atom is -0.396 e. The van der Waals surface area contributed by atoms with E-state index >= 15 is 0 Å². The van der Waals surface area contributed by atoms with E-state index in [0.29, 0.717) is 12.2 Å². The Labute approximate surface area is 97.6 Å². The zero-order chi connectivity index (χ0) is 11.3. The zero-order valence-electron chi connectivity index (χ0n) is 8.63. The molecular formula is C11H15BrFNO. The van der Waals surface area contributed by atoms with Crippen molar-refractivity contribution in [3.63, 3.8) is 0 Å². The van der Waals surface area contributed by atoms with Crippen LogP contribution in [0.15, 0.2) is 22.7 Å². The van der Waals surface area contributed by atoms with Crippen LogP contribution in [0.5, 0.6) is 0 Å². The standard InChI is InChI=1S/C11H15BrFNO/c1-2-8(7-15)6-14-11-5-9(12)3-4-10(11)13/h3-5,8,14-15H,2,6-7H2,1H3. The second-order valence-corrected chi connectivity index (χ2v) is 4.38. The molecule has 1 aromatic rings. The minimum atomic E-state index is -0.272. The van der Waals surface area contributed by atoms with Gasteiger partial charge in [0.2, 0.25) is 0 Å². The van der Waals surface area contributed by atoms with Gasteiger partial charge in [-0.2, -0.15) is 0 Å². The molecule has 0 radical (unpaired) electrons. The number of rotatable bonds is 5. The maximum absolute atomic E-state index is 13.3. The molecule has 0 spiro atoms. The Hall–Kier alpha value is -0.610. The molecular weight excluding hydrogens is 261 g/mol. The number of halogens is 2. The van der Waals surface area contributed by atoms with Crippen molar-refractivity contribution in [2.45, 2.75) is 13.3 Å². The van der Waals surface area contributed by atoms with Gasteiger partial charge in [0.15, 0.2) is 0 Å². The number of aliphatic hydroxyl groups excluding tert-OH is 1. The lowest BCUT2D eigenvalue weighted by molar-refractivity contribution is 0.230. The van der Waals surface area contributed by atoms with Crippen LogP contribution in [0.1, 0.15) is 13.3 Å². The lowest BCUT2D eigenvalue weighted by Crippen LogP contribution is -2.17. The fourth-order valence-corrected chi connectivity index (χ4v) is 1.59. The molecule has 0 aliphatic carbocycles. The van der Waals surface area contributed by atoms with Gasteiger partial charge in [0.1, 0.15) is 5.82 Å². The largest absolute Gasteiger partial charge is 0.396 e. The Bertz CT molecular complexity index is 315. The third-order valence-electron chi connectivity index (χ3n) is 2.35. The molecule has 0 saturated heterocycles. The van der Waals surface area contributed by atoms with Gasteiger partial charge in [0.25, 0.3) is 0 Å². The van der Waals surface area contributed by atoms with Crippen molar-refractivity contribution < 1.29 is 9.50 Å². The molecule has 0 amide bonds. The van der Waals surface area contributed by atoms with Crippen molar-refractivity contribution in [1.82, 2.24) is 0 Å². The summed E-state index contributed by atoms with van der Waals surface area (Å²) in [6, 6.07) is 4.76. The predicted octanol–water partition coefficient (Wildman–Crippen LogP) is 3.02. The molecule has 0 heterocycles. The van der Waals surface area contributed by atoms with Gasteiger partial charge >= 0.3 is 0 Å². The van der Waals surface area contributed by atoms with E-state index in [0.717, 1.165) is 10.9 Å². The molecule has 1 atom stereocenters. The molecule has 4 heteroatoms. The van der Waals surface area contributed by atoms with Gasteiger partial charge in [-0.15, -0.1) is 0 Å². The van der Waals surface area contributed by atoms with Crippen molar-refractivity contribution in [2.75, 3.05) is 18.5 Å². The quantitative estimate of drug-likeness (QED) is 0.866. The first-order chi connectivity index (χ1) is 7.17. The lowest BCUT2D eigenvalue weighted by atomic mass is 10.1. The van der Waals surface area contributed by atoms with Crippen molar-refractivity contribution >= 4 is 21.6 Å². The van der Waals surface area contributed by atoms with Crippen LogP contribution >= 0.6 is 15.9 Å².